The molecule has 1 aromatic rings. The van der Waals surface area contributed by atoms with Gasteiger partial charge in [0, 0.05) is 11.0 Å². The van der Waals surface area contributed by atoms with E-state index in [1.807, 2.05) is 0 Å². The number of benzene rings is 1. The highest BCUT2D eigenvalue weighted by Gasteiger charge is 2.02. The minimum absolute atomic E-state index is 0.216. The van der Waals surface area contributed by atoms with Crippen LogP contribution in [0, 0.1) is 5.82 Å². The smallest absolute Gasteiger partial charge is 0.404 e. The van der Waals surface area contributed by atoms with Gasteiger partial charge in [0.1, 0.15) is 5.82 Å². The van der Waals surface area contributed by atoms with Crippen LogP contribution in [0.1, 0.15) is 5.56 Å². The van der Waals surface area contributed by atoms with Gasteiger partial charge in [-0.15, -0.1) is 0 Å². The van der Waals surface area contributed by atoms with E-state index in [1.54, 1.807) is 12.1 Å². The molecule has 0 radical (unpaired) electrons. The molecule has 76 valence electrons. The molecule has 0 spiro atoms. The van der Waals surface area contributed by atoms with E-state index in [4.69, 9.17) is 5.11 Å². The second-order valence-corrected chi connectivity index (χ2v) is 3.63. The SMILES string of the molecule is O=C(O)NCCc1ccc(Br)cc1F. The average Bonchev–Trinajstić information content (AvgIpc) is 2.08. The van der Waals surface area contributed by atoms with Gasteiger partial charge in [-0.25, -0.2) is 9.18 Å². The van der Waals surface area contributed by atoms with E-state index in [0.717, 1.165) is 0 Å². The summed E-state index contributed by atoms with van der Waals surface area (Å²) < 4.78 is 13.8. The number of hydrogen-bond donors (Lipinski definition) is 2. The molecule has 0 bridgehead atoms. The van der Waals surface area contributed by atoms with Crippen LogP contribution in [0.5, 0.6) is 0 Å². The summed E-state index contributed by atoms with van der Waals surface area (Å²) in [5.74, 6) is -0.327. The Bertz CT molecular complexity index is 344. The van der Waals surface area contributed by atoms with Gasteiger partial charge in [0.2, 0.25) is 0 Å². The third kappa shape index (κ3) is 3.33. The lowest BCUT2D eigenvalue weighted by molar-refractivity contribution is 0.194. The number of halogens is 2. The highest BCUT2D eigenvalue weighted by molar-refractivity contribution is 9.10. The fraction of sp³-hybridized carbons (Fsp3) is 0.222. The van der Waals surface area contributed by atoms with Crippen LogP contribution >= 0.6 is 15.9 Å². The number of rotatable bonds is 3. The molecule has 0 aliphatic rings. The van der Waals surface area contributed by atoms with Gasteiger partial charge in [-0.1, -0.05) is 22.0 Å². The minimum atomic E-state index is -1.09. The Balaban J connectivity index is 2.55. The molecule has 3 nitrogen and oxygen atoms in total. The number of carbonyl (C=O) groups is 1. The van der Waals surface area contributed by atoms with Crippen LogP contribution in [-0.4, -0.2) is 17.7 Å². The first-order chi connectivity index (χ1) is 6.59. The molecule has 1 amide bonds. The van der Waals surface area contributed by atoms with Crippen molar-refractivity contribution in [3.63, 3.8) is 0 Å². The van der Waals surface area contributed by atoms with E-state index in [-0.39, 0.29) is 12.4 Å². The molecule has 0 fully saturated rings. The molecule has 14 heavy (non-hydrogen) atoms. The van der Waals surface area contributed by atoms with Gasteiger partial charge < -0.3 is 10.4 Å². The maximum atomic E-state index is 13.2. The van der Waals surface area contributed by atoms with E-state index in [0.29, 0.717) is 16.5 Å². The maximum Gasteiger partial charge on any atom is 0.404 e. The van der Waals surface area contributed by atoms with Crippen molar-refractivity contribution in [3.8, 4) is 0 Å². The topological polar surface area (TPSA) is 49.3 Å². The van der Waals surface area contributed by atoms with Crippen molar-refractivity contribution in [2.45, 2.75) is 6.42 Å². The summed E-state index contributed by atoms with van der Waals surface area (Å²) >= 11 is 3.14. The van der Waals surface area contributed by atoms with Crippen molar-refractivity contribution in [2.75, 3.05) is 6.54 Å². The van der Waals surface area contributed by atoms with Crippen molar-refractivity contribution in [1.29, 1.82) is 0 Å². The second-order valence-electron chi connectivity index (χ2n) is 2.72. The van der Waals surface area contributed by atoms with E-state index >= 15 is 0 Å². The van der Waals surface area contributed by atoms with E-state index in [1.165, 1.54) is 6.07 Å². The molecular weight excluding hydrogens is 253 g/mol. The highest BCUT2D eigenvalue weighted by Crippen LogP contribution is 2.15. The lowest BCUT2D eigenvalue weighted by Gasteiger charge is -2.03. The highest BCUT2D eigenvalue weighted by atomic mass is 79.9. The third-order valence-electron chi connectivity index (χ3n) is 1.69. The zero-order chi connectivity index (χ0) is 10.6. The summed E-state index contributed by atoms with van der Waals surface area (Å²) in [5.41, 5.74) is 0.502. The molecule has 0 unspecified atom stereocenters. The number of amides is 1. The number of nitrogens with one attached hydrogen (secondary N) is 1. The molecule has 0 atom stereocenters. The maximum absolute atomic E-state index is 13.2. The molecule has 0 aliphatic heterocycles. The summed E-state index contributed by atoms with van der Waals surface area (Å²) in [5, 5.41) is 10.5. The Kier molecular flexibility index (Phi) is 3.88. The van der Waals surface area contributed by atoms with Gasteiger partial charge in [-0.3, -0.25) is 0 Å². The van der Waals surface area contributed by atoms with Crippen LogP contribution in [0.15, 0.2) is 22.7 Å². The fourth-order valence-corrected chi connectivity index (χ4v) is 1.36. The molecule has 0 saturated carbocycles. The first kappa shape index (κ1) is 11.0. The van der Waals surface area contributed by atoms with Crippen LogP contribution in [0.25, 0.3) is 0 Å². The third-order valence-corrected chi connectivity index (χ3v) is 2.18. The van der Waals surface area contributed by atoms with Crippen LogP contribution in [0.2, 0.25) is 0 Å². The fourth-order valence-electron chi connectivity index (χ4n) is 1.03. The van der Waals surface area contributed by atoms with Gasteiger partial charge in [0.15, 0.2) is 0 Å². The van der Waals surface area contributed by atoms with Crippen molar-refractivity contribution in [1.82, 2.24) is 5.32 Å². The molecule has 5 heteroatoms. The van der Waals surface area contributed by atoms with Gasteiger partial charge in [-0.2, -0.15) is 0 Å². The van der Waals surface area contributed by atoms with Crippen molar-refractivity contribution in [2.24, 2.45) is 0 Å². The van der Waals surface area contributed by atoms with Crippen molar-refractivity contribution < 1.29 is 14.3 Å². The quantitative estimate of drug-likeness (QED) is 0.878. The monoisotopic (exact) mass is 261 g/mol. The zero-order valence-electron chi connectivity index (χ0n) is 7.26. The van der Waals surface area contributed by atoms with Crippen LogP contribution in [-0.2, 0) is 6.42 Å². The molecule has 1 aromatic carbocycles. The lowest BCUT2D eigenvalue weighted by atomic mass is 10.1. The Morgan fingerprint density at radius 1 is 1.57 bits per heavy atom. The molecule has 2 N–H and O–H groups in total. The number of hydrogen-bond acceptors (Lipinski definition) is 1. The van der Waals surface area contributed by atoms with Gasteiger partial charge in [-0.05, 0) is 24.1 Å². The molecule has 1 rings (SSSR count). The van der Waals surface area contributed by atoms with Crippen LogP contribution in [0.4, 0.5) is 9.18 Å². The Hall–Kier alpha value is -1.10. The summed E-state index contributed by atoms with van der Waals surface area (Å²) in [7, 11) is 0. The first-order valence-corrected chi connectivity index (χ1v) is 4.79. The largest absolute Gasteiger partial charge is 0.465 e. The predicted molar refractivity (Wildman–Crippen MR) is 53.8 cm³/mol. The standard InChI is InChI=1S/C9H9BrFNO2/c10-7-2-1-6(8(11)5-7)3-4-12-9(13)14/h1-2,5,12H,3-4H2,(H,13,14). The normalized spacial score (nSPS) is 9.86. The van der Waals surface area contributed by atoms with Crippen molar-refractivity contribution in [3.05, 3.63) is 34.1 Å². The van der Waals surface area contributed by atoms with E-state index in [9.17, 15) is 9.18 Å². The second kappa shape index (κ2) is 4.95. The summed E-state index contributed by atoms with van der Waals surface area (Å²) in [6.45, 7) is 0.216. The Labute approximate surface area is 89.1 Å². The van der Waals surface area contributed by atoms with Crippen LogP contribution in [0.3, 0.4) is 0 Å². The van der Waals surface area contributed by atoms with E-state index < -0.39 is 6.09 Å². The van der Waals surface area contributed by atoms with E-state index in [2.05, 4.69) is 21.2 Å². The van der Waals surface area contributed by atoms with Gasteiger partial charge >= 0.3 is 6.09 Å². The average molecular weight is 262 g/mol. The predicted octanol–water partition coefficient (Wildman–Crippen LogP) is 2.40. The molecular formula is C9H9BrFNO2. The first-order valence-electron chi connectivity index (χ1n) is 4.00. The van der Waals surface area contributed by atoms with Crippen LogP contribution < -0.4 is 5.32 Å². The molecule has 0 heterocycles. The van der Waals surface area contributed by atoms with Gasteiger partial charge in [0.25, 0.3) is 0 Å². The Morgan fingerprint density at radius 2 is 2.29 bits per heavy atom. The Morgan fingerprint density at radius 3 is 2.86 bits per heavy atom. The van der Waals surface area contributed by atoms with Crippen molar-refractivity contribution >= 4 is 22.0 Å². The van der Waals surface area contributed by atoms with Gasteiger partial charge in [0.05, 0.1) is 0 Å². The molecule has 0 saturated heterocycles. The molecule has 0 aromatic heterocycles. The zero-order valence-corrected chi connectivity index (χ0v) is 8.84. The number of carboxylic acid groups (broad SMARTS) is 1. The lowest BCUT2D eigenvalue weighted by Crippen LogP contribution is -2.23. The summed E-state index contributed by atoms with van der Waals surface area (Å²) in [6.07, 6.45) is -0.742. The summed E-state index contributed by atoms with van der Waals surface area (Å²) in [4.78, 5) is 10.1. The molecule has 0 aliphatic carbocycles. The minimum Gasteiger partial charge on any atom is -0.465 e. The summed E-state index contributed by atoms with van der Waals surface area (Å²) in [6, 6.07) is 4.71.